The molecule has 4 fully saturated rings. The van der Waals surface area contributed by atoms with Crippen LogP contribution in [0.3, 0.4) is 0 Å². The van der Waals surface area contributed by atoms with Crippen LogP contribution in [-0.2, 0) is 4.74 Å². The van der Waals surface area contributed by atoms with E-state index < -0.39 is 0 Å². The zero-order valence-corrected chi connectivity index (χ0v) is 11.4. The van der Waals surface area contributed by atoms with Gasteiger partial charge < -0.3 is 9.84 Å². The van der Waals surface area contributed by atoms with Crippen LogP contribution in [-0.4, -0.2) is 23.4 Å². The fourth-order valence-electron chi connectivity index (χ4n) is 5.28. The van der Waals surface area contributed by atoms with Gasteiger partial charge in [-0.1, -0.05) is 12.8 Å². The highest BCUT2D eigenvalue weighted by Gasteiger charge is 2.55. The second-order valence-electron chi connectivity index (χ2n) is 7.70. The topological polar surface area (TPSA) is 29.5 Å². The first kappa shape index (κ1) is 11.7. The van der Waals surface area contributed by atoms with Crippen molar-refractivity contribution in [1.29, 1.82) is 0 Å². The van der Waals surface area contributed by atoms with Gasteiger partial charge in [-0.2, -0.15) is 0 Å². The van der Waals surface area contributed by atoms with Crippen LogP contribution in [0.5, 0.6) is 0 Å². The molecule has 2 nitrogen and oxygen atoms in total. The summed E-state index contributed by atoms with van der Waals surface area (Å²) in [5, 5.41) is 9.82. The lowest BCUT2D eigenvalue weighted by Crippen LogP contribution is -2.31. The van der Waals surface area contributed by atoms with Gasteiger partial charge in [-0.25, -0.2) is 0 Å². The third kappa shape index (κ3) is 1.84. The molecule has 0 aromatic rings. The van der Waals surface area contributed by atoms with Crippen LogP contribution in [0.15, 0.2) is 0 Å². The minimum Gasteiger partial charge on any atom is -0.396 e. The maximum atomic E-state index is 9.82. The predicted molar refractivity (Wildman–Crippen MR) is 70.3 cm³/mol. The highest BCUT2D eigenvalue weighted by atomic mass is 16.5. The minimum atomic E-state index is 0.238. The summed E-state index contributed by atoms with van der Waals surface area (Å²) >= 11 is 0. The van der Waals surface area contributed by atoms with Crippen molar-refractivity contribution >= 4 is 0 Å². The van der Waals surface area contributed by atoms with E-state index in [4.69, 9.17) is 4.74 Å². The zero-order chi connectivity index (χ0) is 12.2. The lowest BCUT2D eigenvalue weighted by Gasteiger charge is -2.32. The molecule has 3 aliphatic carbocycles. The van der Waals surface area contributed by atoms with E-state index in [9.17, 15) is 5.11 Å². The summed E-state index contributed by atoms with van der Waals surface area (Å²) in [4.78, 5) is 0. The average molecular weight is 250 g/mol. The molecule has 1 aliphatic heterocycles. The molecule has 3 unspecified atom stereocenters. The van der Waals surface area contributed by atoms with Crippen molar-refractivity contribution in [2.75, 3.05) is 6.61 Å². The smallest absolute Gasteiger partial charge is 0.0687 e. The molecule has 0 amide bonds. The van der Waals surface area contributed by atoms with Crippen molar-refractivity contribution in [3.8, 4) is 0 Å². The van der Waals surface area contributed by atoms with Crippen molar-refractivity contribution in [3.63, 3.8) is 0 Å². The molecule has 1 saturated heterocycles. The summed E-state index contributed by atoms with van der Waals surface area (Å²) in [7, 11) is 0. The van der Waals surface area contributed by atoms with Crippen LogP contribution < -0.4 is 0 Å². The van der Waals surface area contributed by atoms with Gasteiger partial charge in [0.05, 0.1) is 11.7 Å². The third-order valence-electron chi connectivity index (χ3n) is 6.31. The second-order valence-corrected chi connectivity index (χ2v) is 7.70. The summed E-state index contributed by atoms with van der Waals surface area (Å²) in [6, 6.07) is 0. The number of rotatable bonds is 3. The molecule has 4 rings (SSSR count). The van der Waals surface area contributed by atoms with E-state index in [1.807, 2.05) is 0 Å². The van der Waals surface area contributed by atoms with Crippen molar-refractivity contribution in [3.05, 3.63) is 0 Å². The van der Waals surface area contributed by atoms with Gasteiger partial charge in [-0.3, -0.25) is 0 Å². The quantitative estimate of drug-likeness (QED) is 0.833. The monoisotopic (exact) mass is 250 g/mol. The Hall–Kier alpha value is -0.0800. The number of ether oxygens (including phenoxy) is 1. The third-order valence-corrected chi connectivity index (χ3v) is 6.31. The second kappa shape index (κ2) is 3.96. The number of aliphatic hydroxyl groups is 1. The first-order valence-electron chi connectivity index (χ1n) is 8.01. The Bertz CT molecular complexity index is 322. The van der Waals surface area contributed by atoms with Crippen LogP contribution in [0.1, 0.15) is 64.2 Å². The molecule has 1 N–H and O–H groups in total. The van der Waals surface area contributed by atoms with Gasteiger partial charge in [-0.05, 0) is 68.6 Å². The van der Waals surface area contributed by atoms with Gasteiger partial charge >= 0.3 is 0 Å². The summed E-state index contributed by atoms with van der Waals surface area (Å²) in [5.74, 6) is 1.91. The molecular formula is C16H26O2. The SMILES string of the molecule is OCC1(CC2CCC3(CCCC3)O2)CC2CC2C1. The van der Waals surface area contributed by atoms with Crippen LogP contribution in [0.2, 0.25) is 0 Å². The maximum absolute atomic E-state index is 9.82. The van der Waals surface area contributed by atoms with Crippen molar-refractivity contribution in [1.82, 2.24) is 0 Å². The first-order valence-corrected chi connectivity index (χ1v) is 8.01. The van der Waals surface area contributed by atoms with Crippen LogP contribution in [0.4, 0.5) is 0 Å². The van der Waals surface area contributed by atoms with Gasteiger partial charge in [0.25, 0.3) is 0 Å². The average Bonchev–Trinajstić information content (AvgIpc) is 2.79. The van der Waals surface area contributed by atoms with Gasteiger partial charge in [0.15, 0.2) is 0 Å². The van der Waals surface area contributed by atoms with Crippen LogP contribution in [0.25, 0.3) is 0 Å². The van der Waals surface area contributed by atoms with E-state index in [2.05, 4.69) is 0 Å². The number of hydrogen-bond donors (Lipinski definition) is 1. The molecule has 0 bridgehead atoms. The van der Waals surface area contributed by atoms with Gasteiger partial charge in [-0.15, -0.1) is 0 Å². The van der Waals surface area contributed by atoms with E-state index in [1.165, 1.54) is 57.8 Å². The van der Waals surface area contributed by atoms with Crippen LogP contribution >= 0.6 is 0 Å². The summed E-state index contributed by atoms with van der Waals surface area (Å²) in [6.07, 6.45) is 13.4. The molecule has 18 heavy (non-hydrogen) atoms. The number of aliphatic hydroxyl groups excluding tert-OH is 1. The van der Waals surface area contributed by atoms with Gasteiger partial charge in [0, 0.05) is 6.61 Å². The molecule has 2 heteroatoms. The minimum absolute atomic E-state index is 0.238. The molecule has 1 spiro atoms. The molecule has 3 atom stereocenters. The Labute approximate surface area is 110 Å². The summed E-state index contributed by atoms with van der Waals surface area (Å²) < 4.78 is 6.44. The van der Waals surface area contributed by atoms with Crippen molar-refractivity contribution in [2.45, 2.75) is 75.9 Å². The van der Waals surface area contributed by atoms with E-state index in [0.717, 1.165) is 18.3 Å². The highest BCUT2D eigenvalue weighted by Crippen LogP contribution is 2.62. The Morgan fingerprint density at radius 3 is 2.44 bits per heavy atom. The van der Waals surface area contributed by atoms with E-state index in [1.54, 1.807) is 0 Å². The zero-order valence-electron chi connectivity index (χ0n) is 11.4. The van der Waals surface area contributed by atoms with E-state index in [0.29, 0.717) is 12.7 Å². The highest BCUT2D eigenvalue weighted by molar-refractivity contribution is 5.05. The lowest BCUT2D eigenvalue weighted by atomic mass is 9.78. The standard InChI is InChI=1S/C16H26O2/c17-11-15(8-12-7-13(12)9-15)10-14-3-6-16(18-14)4-1-2-5-16/h12-14,17H,1-11H2. The van der Waals surface area contributed by atoms with Gasteiger partial charge in [0.2, 0.25) is 0 Å². The Kier molecular flexibility index (Phi) is 2.58. The van der Waals surface area contributed by atoms with Crippen LogP contribution in [0, 0.1) is 17.3 Å². The lowest BCUT2D eigenvalue weighted by molar-refractivity contribution is -0.0607. The first-order chi connectivity index (χ1) is 8.73. The Balaban J connectivity index is 1.40. The van der Waals surface area contributed by atoms with E-state index >= 15 is 0 Å². The summed E-state index contributed by atoms with van der Waals surface area (Å²) in [6.45, 7) is 0.396. The van der Waals surface area contributed by atoms with Gasteiger partial charge in [0.1, 0.15) is 0 Å². The number of hydrogen-bond acceptors (Lipinski definition) is 2. The summed E-state index contributed by atoms with van der Waals surface area (Å²) in [5.41, 5.74) is 0.505. The molecule has 0 aromatic heterocycles. The molecule has 0 aromatic carbocycles. The molecule has 3 saturated carbocycles. The predicted octanol–water partition coefficient (Wildman–Crippen LogP) is 3.28. The fraction of sp³-hybridized carbons (Fsp3) is 1.00. The fourth-order valence-corrected chi connectivity index (χ4v) is 5.28. The maximum Gasteiger partial charge on any atom is 0.0687 e. The molecule has 0 radical (unpaired) electrons. The normalized spacial score (nSPS) is 48.8. The molecule has 102 valence electrons. The molecule has 4 aliphatic rings. The molecule has 1 heterocycles. The largest absolute Gasteiger partial charge is 0.396 e. The van der Waals surface area contributed by atoms with Crippen molar-refractivity contribution in [2.24, 2.45) is 17.3 Å². The molecular weight excluding hydrogens is 224 g/mol. The number of fused-ring (bicyclic) bond motifs is 1. The van der Waals surface area contributed by atoms with E-state index in [-0.39, 0.29) is 11.0 Å². The van der Waals surface area contributed by atoms with Crippen molar-refractivity contribution < 1.29 is 9.84 Å². The Morgan fingerprint density at radius 2 is 1.78 bits per heavy atom. The Morgan fingerprint density at radius 1 is 1.06 bits per heavy atom.